The Morgan fingerprint density at radius 3 is 2.95 bits per heavy atom. The molecule has 2 unspecified atom stereocenters. The molecule has 0 bridgehead atoms. The van der Waals surface area contributed by atoms with Crippen LogP contribution in [0.1, 0.15) is 43.4 Å². The number of nitrogens with two attached hydrogens (primary N) is 1. The van der Waals surface area contributed by atoms with E-state index in [2.05, 4.69) is 11.8 Å². The van der Waals surface area contributed by atoms with E-state index >= 15 is 0 Å². The van der Waals surface area contributed by atoms with Crippen molar-refractivity contribution in [3.05, 3.63) is 35.1 Å². The van der Waals surface area contributed by atoms with Crippen LogP contribution in [0.5, 0.6) is 0 Å². The summed E-state index contributed by atoms with van der Waals surface area (Å²) < 4.78 is 13.5. The smallest absolute Gasteiger partial charge is 0.140 e. The van der Waals surface area contributed by atoms with Gasteiger partial charge in [0.1, 0.15) is 11.9 Å². The van der Waals surface area contributed by atoms with Crippen molar-refractivity contribution in [2.24, 2.45) is 11.7 Å². The van der Waals surface area contributed by atoms with E-state index in [4.69, 9.17) is 11.0 Å². The summed E-state index contributed by atoms with van der Waals surface area (Å²) in [6.45, 7) is 4.85. The number of piperidine rings is 1. The van der Waals surface area contributed by atoms with Gasteiger partial charge in [-0.25, -0.2) is 4.39 Å². The number of halogens is 1. The molecule has 0 radical (unpaired) electrons. The third kappa shape index (κ3) is 3.00. The molecule has 3 nitrogen and oxygen atoms in total. The largest absolute Gasteiger partial charge is 0.330 e. The van der Waals surface area contributed by atoms with Gasteiger partial charge in [-0.05, 0) is 62.5 Å². The van der Waals surface area contributed by atoms with E-state index in [0.717, 1.165) is 37.9 Å². The normalized spacial score (nSPS) is 23.5. The van der Waals surface area contributed by atoms with E-state index in [9.17, 15) is 4.39 Å². The predicted octanol–water partition coefficient (Wildman–Crippen LogP) is 2.82. The number of likely N-dealkylation sites (tertiary alicyclic amines) is 1. The topological polar surface area (TPSA) is 53.0 Å². The molecule has 0 aromatic heterocycles. The van der Waals surface area contributed by atoms with Gasteiger partial charge in [-0.3, -0.25) is 4.90 Å². The molecule has 0 aliphatic carbocycles. The van der Waals surface area contributed by atoms with E-state index in [1.54, 1.807) is 12.1 Å². The van der Waals surface area contributed by atoms with Crippen LogP contribution in [0.15, 0.2) is 18.2 Å². The van der Waals surface area contributed by atoms with Crippen molar-refractivity contribution in [1.82, 2.24) is 4.90 Å². The zero-order valence-electron chi connectivity index (χ0n) is 12.0. The van der Waals surface area contributed by atoms with Gasteiger partial charge in [0.15, 0.2) is 0 Å². The Labute approximate surface area is 120 Å². The van der Waals surface area contributed by atoms with Crippen LogP contribution in [0.25, 0.3) is 0 Å². The Hall–Kier alpha value is -1.44. The van der Waals surface area contributed by atoms with Gasteiger partial charge in [-0.15, -0.1) is 0 Å². The summed E-state index contributed by atoms with van der Waals surface area (Å²) in [5, 5.41) is 9.01. The zero-order chi connectivity index (χ0) is 14.5. The van der Waals surface area contributed by atoms with Crippen molar-refractivity contribution < 1.29 is 4.39 Å². The van der Waals surface area contributed by atoms with Crippen molar-refractivity contribution in [2.75, 3.05) is 19.6 Å². The Bertz CT molecular complexity index is 493. The Morgan fingerprint density at radius 2 is 2.30 bits per heavy atom. The van der Waals surface area contributed by atoms with Crippen LogP contribution in [-0.2, 0) is 0 Å². The lowest BCUT2D eigenvalue weighted by molar-refractivity contribution is 0.0960. The minimum atomic E-state index is -0.446. The number of rotatable bonds is 4. The minimum Gasteiger partial charge on any atom is -0.330 e. The lowest BCUT2D eigenvalue weighted by Crippen LogP contribution is -2.42. The molecule has 1 fully saturated rings. The van der Waals surface area contributed by atoms with E-state index in [0.29, 0.717) is 12.5 Å². The molecule has 1 aliphatic rings. The summed E-state index contributed by atoms with van der Waals surface area (Å²) in [6, 6.07) is 7.04. The molecule has 1 saturated heterocycles. The molecule has 1 aromatic rings. The molecule has 20 heavy (non-hydrogen) atoms. The van der Waals surface area contributed by atoms with Crippen molar-refractivity contribution in [3.63, 3.8) is 0 Å². The quantitative estimate of drug-likeness (QED) is 0.919. The number of nitrogens with zero attached hydrogens (tertiary/aromatic N) is 2. The van der Waals surface area contributed by atoms with E-state index < -0.39 is 5.82 Å². The number of benzene rings is 1. The van der Waals surface area contributed by atoms with E-state index in [-0.39, 0.29) is 11.6 Å². The molecule has 1 aromatic carbocycles. The molecular formula is C16H22FN3. The summed E-state index contributed by atoms with van der Waals surface area (Å²) in [5.74, 6) is -0.0642. The lowest BCUT2D eigenvalue weighted by Gasteiger charge is -2.41. The van der Waals surface area contributed by atoms with E-state index in [1.807, 2.05) is 6.07 Å². The van der Waals surface area contributed by atoms with Gasteiger partial charge in [0.05, 0.1) is 5.56 Å². The second-order valence-corrected chi connectivity index (χ2v) is 5.47. The van der Waals surface area contributed by atoms with Crippen LogP contribution in [0.3, 0.4) is 0 Å². The minimum absolute atomic E-state index is 0.125. The second-order valence-electron chi connectivity index (χ2n) is 5.47. The number of hydrogen-bond acceptors (Lipinski definition) is 3. The summed E-state index contributed by atoms with van der Waals surface area (Å²) in [4.78, 5) is 2.43. The average molecular weight is 275 g/mol. The van der Waals surface area contributed by atoms with Gasteiger partial charge in [0, 0.05) is 6.04 Å². The Kier molecular flexibility index (Phi) is 5.11. The van der Waals surface area contributed by atoms with E-state index in [1.165, 1.54) is 6.07 Å². The highest BCUT2D eigenvalue weighted by Gasteiger charge is 2.31. The van der Waals surface area contributed by atoms with Gasteiger partial charge in [-0.2, -0.15) is 5.26 Å². The average Bonchev–Trinajstić information content (AvgIpc) is 2.48. The molecule has 108 valence electrons. The molecule has 2 N–H and O–H groups in total. The summed E-state index contributed by atoms with van der Waals surface area (Å²) in [5.41, 5.74) is 7.07. The number of nitriles is 1. The van der Waals surface area contributed by atoms with Gasteiger partial charge in [0.2, 0.25) is 0 Å². The molecule has 0 spiro atoms. The Balaban J connectivity index is 2.35. The molecular weight excluding hydrogens is 253 g/mol. The fourth-order valence-electron chi connectivity index (χ4n) is 3.23. The summed E-state index contributed by atoms with van der Waals surface area (Å²) >= 11 is 0. The van der Waals surface area contributed by atoms with Crippen LogP contribution in [0.4, 0.5) is 4.39 Å². The first-order valence-corrected chi connectivity index (χ1v) is 7.35. The summed E-state index contributed by atoms with van der Waals surface area (Å²) in [6.07, 6.45) is 3.34. The monoisotopic (exact) mass is 275 g/mol. The van der Waals surface area contributed by atoms with Crippen LogP contribution < -0.4 is 5.73 Å². The standard InChI is InChI=1S/C16H22FN3/c1-2-7-20-8-3-4-13(10-18)16(20)12-5-6-15(17)14(9-12)11-19/h5-6,9,13,16H,2-4,7-8,10,18H2,1H3. The first-order valence-electron chi connectivity index (χ1n) is 7.35. The highest BCUT2D eigenvalue weighted by molar-refractivity contribution is 5.36. The van der Waals surface area contributed by atoms with Crippen LogP contribution >= 0.6 is 0 Å². The van der Waals surface area contributed by atoms with Crippen molar-refractivity contribution in [3.8, 4) is 6.07 Å². The molecule has 0 amide bonds. The van der Waals surface area contributed by atoms with Crippen molar-refractivity contribution in [1.29, 1.82) is 5.26 Å². The van der Waals surface area contributed by atoms with Crippen LogP contribution in [0, 0.1) is 23.1 Å². The van der Waals surface area contributed by atoms with Gasteiger partial charge >= 0.3 is 0 Å². The van der Waals surface area contributed by atoms with Crippen LogP contribution in [0.2, 0.25) is 0 Å². The lowest BCUT2D eigenvalue weighted by atomic mass is 9.84. The van der Waals surface area contributed by atoms with Crippen molar-refractivity contribution >= 4 is 0 Å². The molecule has 4 heteroatoms. The molecule has 1 aliphatic heterocycles. The van der Waals surface area contributed by atoms with Gasteiger partial charge < -0.3 is 5.73 Å². The van der Waals surface area contributed by atoms with Crippen molar-refractivity contribution in [2.45, 2.75) is 32.2 Å². The fraction of sp³-hybridized carbons (Fsp3) is 0.562. The maximum Gasteiger partial charge on any atom is 0.140 e. The maximum atomic E-state index is 13.5. The maximum absolute atomic E-state index is 13.5. The highest BCUT2D eigenvalue weighted by atomic mass is 19.1. The highest BCUT2D eigenvalue weighted by Crippen LogP contribution is 2.36. The molecule has 1 heterocycles. The second kappa shape index (κ2) is 6.83. The third-order valence-electron chi connectivity index (χ3n) is 4.13. The Morgan fingerprint density at radius 1 is 1.50 bits per heavy atom. The summed E-state index contributed by atoms with van der Waals surface area (Å²) in [7, 11) is 0. The van der Waals surface area contributed by atoms with Gasteiger partial charge in [-0.1, -0.05) is 13.0 Å². The third-order valence-corrected chi connectivity index (χ3v) is 4.13. The van der Waals surface area contributed by atoms with Gasteiger partial charge in [0.25, 0.3) is 0 Å². The fourth-order valence-corrected chi connectivity index (χ4v) is 3.23. The SMILES string of the molecule is CCCN1CCCC(CN)C1c1ccc(F)c(C#N)c1. The zero-order valence-corrected chi connectivity index (χ0v) is 12.0. The first kappa shape index (κ1) is 15.0. The molecule has 0 saturated carbocycles. The molecule has 2 rings (SSSR count). The number of hydrogen-bond donors (Lipinski definition) is 1. The predicted molar refractivity (Wildman–Crippen MR) is 77.5 cm³/mol. The molecule has 2 atom stereocenters. The van der Waals surface area contributed by atoms with Crippen LogP contribution in [-0.4, -0.2) is 24.5 Å². The first-order chi connectivity index (χ1) is 9.71.